The van der Waals surface area contributed by atoms with Crippen molar-refractivity contribution in [2.75, 3.05) is 24.6 Å². The van der Waals surface area contributed by atoms with Crippen molar-refractivity contribution in [3.05, 3.63) is 36.2 Å². The molecule has 1 aromatic heterocycles. The maximum atomic E-state index is 7.44. The van der Waals surface area contributed by atoms with Crippen molar-refractivity contribution >= 4 is 38.0 Å². The van der Waals surface area contributed by atoms with Gasteiger partial charge in [-0.1, -0.05) is 6.08 Å². The Labute approximate surface area is 133 Å². The SMILES string of the molecule is C/C=C(\C=N)c1cnc2ccc(N(CC)CCOP)cc2n1. The van der Waals surface area contributed by atoms with Gasteiger partial charge in [0.05, 0.1) is 29.5 Å². The molecule has 2 rings (SSSR count). The van der Waals surface area contributed by atoms with Crippen LogP contribution >= 0.6 is 9.47 Å². The molecule has 0 saturated carbocycles. The minimum absolute atomic E-state index is 0.652. The van der Waals surface area contributed by atoms with Crippen LogP contribution in [0.15, 0.2) is 30.5 Å². The third-order valence-electron chi connectivity index (χ3n) is 3.51. The Bertz CT molecular complexity index is 687. The first-order valence-corrected chi connectivity index (χ1v) is 7.71. The molecule has 1 aromatic carbocycles. The van der Waals surface area contributed by atoms with Crippen molar-refractivity contribution in [1.29, 1.82) is 5.41 Å². The van der Waals surface area contributed by atoms with Gasteiger partial charge >= 0.3 is 0 Å². The highest BCUT2D eigenvalue weighted by molar-refractivity contribution is 7.09. The third kappa shape index (κ3) is 3.67. The van der Waals surface area contributed by atoms with Gasteiger partial charge in [-0.25, -0.2) is 4.98 Å². The van der Waals surface area contributed by atoms with E-state index in [-0.39, 0.29) is 0 Å². The van der Waals surface area contributed by atoms with Crippen LogP contribution in [0.2, 0.25) is 0 Å². The van der Waals surface area contributed by atoms with Gasteiger partial charge in [0.1, 0.15) is 0 Å². The molecule has 0 saturated heterocycles. The summed E-state index contributed by atoms with van der Waals surface area (Å²) in [5.41, 5.74) is 4.27. The van der Waals surface area contributed by atoms with E-state index in [1.165, 1.54) is 6.21 Å². The van der Waals surface area contributed by atoms with Gasteiger partial charge < -0.3 is 14.8 Å². The van der Waals surface area contributed by atoms with Crippen LogP contribution in [0, 0.1) is 5.41 Å². The summed E-state index contributed by atoms with van der Waals surface area (Å²) in [6, 6.07) is 6.07. The maximum absolute atomic E-state index is 7.44. The van der Waals surface area contributed by atoms with E-state index >= 15 is 0 Å². The van der Waals surface area contributed by atoms with Crippen molar-refractivity contribution in [3.8, 4) is 0 Å². The smallest absolute Gasteiger partial charge is 0.0914 e. The molecule has 0 aliphatic carbocycles. The molecule has 0 aliphatic heterocycles. The minimum Gasteiger partial charge on any atom is -0.369 e. The molecule has 0 fully saturated rings. The highest BCUT2D eigenvalue weighted by atomic mass is 31.0. The molecule has 0 amide bonds. The molecule has 0 spiro atoms. The van der Waals surface area contributed by atoms with Gasteiger partial charge in [-0.3, -0.25) is 4.98 Å². The summed E-state index contributed by atoms with van der Waals surface area (Å²) in [6.07, 6.45) is 4.87. The van der Waals surface area contributed by atoms with Crippen LogP contribution in [0.5, 0.6) is 0 Å². The number of hydrogen-bond acceptors (Lipinski definition) is 5. The zero-order valence-corrected chi connectivity index (χ0v) is 14.1. The fourth-order valence-corrected chi connectivity index (χ4v) is 2.38. The number of nitrogens with zero attached hydrogens (tertiary/aromatic N) is 3. The molecule has 116 valence electrons. The lowest BCUT2D eigenvalue weighted by Gasteiger charge is -2.22. The fraction of sp³-hybridized carbons (Fsp3) is 0.312. The molecule has 22 heavy (non-hydrogen) atoms. The first-order valence-electron chi connectivity index (χ1n) is 7.24. The Kier molecular flexibility index (Phi) is 5.99. The van der Waals surface area contributed by atoms with Crippen molar-refractivity contribution < 1.29 is 4.52 Å². The Hall–Kier alpha value is -1.84. The number of likely N-dealkylation sites (N-methyl/N-ethyl adjacent to an activating group) is 1. The van der Waals surface area contributed by atoms with Crippen LogP contribution in [0.25, 0.3) is 16.6 Å². The second-order valence-electron chi connectivity index (χ2n) is 4.77. The summed E-state index contributed by atoms with van der Waals surface area (Å²) in [5.74, 6) is 0. The number of rotatable bonds is 7. The predicted molar refractivity (Wildman–Crippen MR) is 95.5 cm³/mol. The zero-order chi connectivity index (χ0) is 15.9. The van der Waals surface area contributed by atoms with E-state index in [1.807, 2.05) is 25.1 Å². The number of fused-ring (bicyclic) bond motifs is 1. The summed E-state index contributed by atoms with van der Waals surface area (Å²) in [6.45, 7) is 6.37. The highest BCUT2D eigenvalue weighted by Gasteiger charge is 2.08. The number of nitrogens with one attached hydrogen (secondary N) is 1. The molecule has 0 bridgehead atoms. The Morgan fingerprint density at radius 1 is 1.41 bits per heavy atom. The Morgan fingerprint density at radius 3 is 2.86 bits per heavy atom. The number of aromatic nitrogens is 2. The van der Waals surface area contributed by atoms with E-state index in [0.717, 1.165) is 41.1 Å². The molecule has 1 N–H and O–H groups in total. The van der Waals surface area contributed by atoms with Gasteiger partial charge in [-0.05, 0) is 32.0 Å². The summed E-state index contributed by atoms with van der Waals surface area (Å²) in [5, 5.41) is 7.44. The van der Waals surface area contributed by atoms with E-state index in [1.54, 1.807) is 6.20 Å². The first-order chi connectivity index (χ1) is 10.7. The van der Waals surface area contributed by atoms with Gasteiger partial charge in [-0.2, -0.15) is 0 Å². The van der Waals surface area contributed by atoms with E-state index in [2.05, 4.69) is 37.3 Å². The molecular formula is C16H21N4OP. The third-order valence-corrected chi connectivity index (χ3v) is 3.75. The Balaban J connectivity index is 2.41. The average molecular weight is 316 g/mol. The van der Waals surface area contributed by atoms with Crippen LogP contribution in [-0.4, -0.2) is 35.9 Å². The second-order valence-corrected chi connectivity index (χ2v) is 5.10. The summed E-state index contributed by atoms with van der Waals surface area (Å²) in [4.78, 5) is 11.3. The number of allylic oxidation sites excluding steroid dienone is 2. The van der Waals surface area contributed by atoms with Gasteiger partial charge in [0.15, 0.2) is 0 Å². The van der Waals surface area contributed by atoms with Crippen LogP contribution in [-0.2, 0) is 4.52 Å². The van der Waals surface area contributed by atoms with Crippen molar-refractivity contribution in [1.82, 2.24) is 9.97 Å². The average Bonchev–Trinajstić information content (AvgIpc) is 2.56. The zero-order valence-electron chi connectivity index (χ0n) is 12.9. The standard InChI is InChI=1S/C16H21N4OP/c1-3-12(10-17)16-11-18-14-6-5-13(9-15(14)19-16)20(4-2)7-8-21-22/h3,5-6,9-11,17H,4,7-8,22H2,1-2H3/b12-3+,17-10?. The topological polar surface area (TPSA) is 62.1 Å². The number of benzene rings is 1. The quantitative estimate of drug-likeness (QED) is 0.629. The van der Waals surface area contributed by atoms with Crippen LogP contribution in [0.1, 0.15) is 19.5 Å². The van der Waals surface area contributed by atoms with Crippen molar-refractivity contribution in [2.24, 2.45) is 0 Å². The largest absolute Gasteiger partial charge is 0.369 e. The molecule has 5 nitrogen and oxygen atoms in total. The fourth-order valence-electron chi connectivity index (χ4n) is 2.27. The van der Waals surface area contributed by atoms with E-state index in [0.29, 0.717) is 6.61 Å². The Morgan fingerprint density at radius 2 is 2.23 bits per heavy atom. The number of anilines is 1. The predicted octanol–water partition coefficient (Wildman–Crippen LogP) is 3.32. The summed E-state index contributed by atoms with van der Waals surface area (Å²) in [7, 11) is 2.28. The van der Waals surface area contributed by atoms with E-state index in [4.69, 9.17) is 9.93 Å². The molecule has 1 unspecified atom stereocenters. The molecule has 2 aromatic rings. The lowest BCUT2D eigenvalue weighted by atomic mass is 10.2. The summed E-state index contributed by atoms with van der Waals surface area (Å²) >= 11 is 0. The van der Waals surface area contributed by atoms with Crippen LogP contribution in [0.3, 0.4) is 0 Å². The minimum atomic E-state index is 0.652. The second kappa shape index (κ2) is 7.97. The molecule has 0 aliphatic rings. The molecular weight excluding hydrogens is 295 g/mol. The normalized spacial score (nSPS) is 11.7. The van der Waals surface area contributed by atoms with E-state index < -0.39 is 0 Å². The van der Waals surface area contributed by atoms with Crippen molar-refractivity contribution in [3.63, 3.8) is 0 Å². The van der Waals surface area contributed by atoms with Gasteiger partial charge in [0.2, 0.25) is 0 Å². The van der Waals surface area contributed by atoms with Crippen molar-refractivity contribution in [2.45, 2.75) is 13.8 Å². The lowest BCUT2D eigenvalue weighted by Crippen LogP contribution is -2.26. The first kappa shape index (κ1) is 16.5. The lowest BCUT2D eigenvalue weighted by molar-refractivity contribution is 0.378. The molecule has 1 atom stereocenters. The van der Waals surface area contributed by atoms with Crippen LogP contribution < -0.4 is 4.90 Å². The van der Waals surface area contributed by atoms with E-state index in [9.17, 15) is 0 Å². The van der Waals surface area contributed by atoms with Gasteiger partial charge in [0, 0.05) is 40.0 Å². The van der Waals surface area contributed by atoms with Gasteiger partial charge in [-0.15, -0.1) is 0 Å². The molecule has 6 heteroatoms. The number of hydrogen-bond donors (Lipinski definition) is 1. The summed E-state index contributed by atoms with van der Waals surface area (Å²) < 4.78 is 5.08. The highest BCUT2D eigenvalue weighted by Crippen LogP contribution is 2.21. The van der Waals surface area contributed by atoms with Crippen LogP contribution in [0.4, 0.5) is 5.69 Å². The van der Waals surface area contributed by atoms with Gasteiger partial charge in [0.25, 0.3) is 0 Å². The monoisotopic (exact) mass is 316 g/mol. The molecule has 1 heterocycles. The molecule has 0 radical (unpaired) electrons. The maximum Gasteiger partial charge on any atom is 0.0914 e.